The first-order valence-corrected chi connectivity index (χ1v) is 6.95. The van der Waals surface area contributed by atoms with Gasteiger partial charge in [0.05, 0.1) is 12.2 Å². The molecule has 0 spiro atoms. The molecule has 0 bridgehead atoms. The number of hydrogen-bond donors (Lipinski definition) is 1. The van der Waals surface area contributed by atoms with Gasteiger partial charge in [-0.3, -0.25) is 4.68 Å². The molecule has 102 valence electrons. The second-order valence-corrected chi connectivity index (χ2v) is 5.43. The molecule has 0 radical (unpaired) electrons. The van der Waals surface area contributed by atoms with Crippen LogP contribution in [0.1, 0.15) is 22.5 Å². The Kier molecular flexibility index (Phi) is 4.50. The highest BCUT2D eigenvalue weighted by Crippen LogP contribution is 2.23. The summed E-state index contributed by atoms with van der Waals surface area (Å²) in [6, 6.07) is 5.48. The lowest BCUT2D eigenvalue weighted by Gasteiger charge is -2.08. The zero-order valence-electron chi connectivity index (χ0n) is 11.1. The van der Waals surface area contributed by atoms with Crippen molar-refractivity contribution in [2.45, 2.75) is 26.8 Å². The smallest absolute Gasteiger partial charge is 0.0677 e. The van der Waals surface area contributed by atoms with Gasteiger partial charge in [-0.05, 0) is 56.1 Å². The molecule has 0 aliphatic rings. The third-order valence-electron chi connectivity index (χ3n) is 3.25. The standard InChI is InChI=1S/C14H17Cl2N3/c1-9-13(5-6-17)10(2)19(18-9)8-11-7-12(15)3-4-14(11)16/h3-4,7H,5-6,8,17H2,1-2H3. The number of hydrogen-bond acceptors (Lipinski definition) is 2. The Balaban J connectivity index is 2.33. The highest BCUT2D eigenvalue weighted by atomic mass is 35.5. The van der Waals surface area contributed by atoms with Crippen molar-refractivity contribution in [1.82, 2.24) is 9.78 Å². The Hall–Kier alpha value is -1.03. The summed E-state index contributed by atoms with van der Waals surface area (Å²) in [5.74, 6) is 0. The van der Waals surface area contributed by atoms with Crippen LogP contribution in [0.5, 0.6) is 0 Å². The molecular weight excluding hydrogens is 281 g/mol. The normalized spacial score (nSPS) is 11.0. The number of benzene rings is 1. The monoisotopic (exact) mass is 297 g/mol. The van der Waals surface area contributed by atoms with Crippen LogP contribution in [0.25, 0.3) is 0 Å². The number of halogens is 2. The van der Waals surface area contributed by atoms with Crippen molar-refractivity contribution in [2.24, 2.45) is 5.73 Å². The zero-order chi connectivity index (χ0) is 14.0. The predicted octanol–water partition coefficient (Wildman–Crippen LogP) is 3.36. The van der Waals surface area contributed by atoms with Crippen molar-refractivity contribution < 1.29 is 0 Å². The van der Waals surface area contributed by atoms with Gasteiger partial charge in [-0.1, -0.05) is 23.2 Å². The summed E-state index contributed by atoms with van der Waals surface area (Å²) in [7, 11) is 0. The third kappa shape index (κ3) is 3.11. The van der Waals surface area contributed by atoms with Gasteiger partial charge >= 0.3 is 0 Å². The van der Waals surface area contributed by atoms with E-state index in [1.165, 1.54) is 5.56 Å². The van der Waals surface area contributed by atoms with Gasteiger partial charge in [0.2, 0.25) is 0 Å². The van der Waals surface area contributed by atoms with E-state index in [2.05, 4.69) is 12.0 Å². The van der Waals surface area contributed by atoms with Gasteiger partial charge < -0.3 is 5.73 Å². The Bertz CT molecular complexity index is 591. The molecule has 19 heavy (non-hydrogen) atoms. The molecular formula is C14H17Cl2N3. The summed E-state index contributed by atoms with van der Waals surface area (Å²) in [4.78, 5) is 0. The lowest BCUT2D eigenvalue weighted by Crippen LogP contribution is -2.07. The van der Waals surface area contributed by atoms with Crippen LogP contribution >= 0.6 is 23.2 Å². The van der Waals surface area contributed by atoms with Crippen molar-refractivity contribution in [2.75, 3.05) is 6.54 Å². The van der Waals surface area contributed by atoms with E-state index in [0.717, 1.165) is 23.4 Å². The SMILES string of the molecule is Cc1nn(Cc2cc(Cl)ccc2Cl)c(C)c1CCN. The molecule has 1 aromatic heterocycles. The maximum absolute atomic E-state index is 6.19. The lowest BCUT2D eigenvalue weighted by molar-refractivity contribution is 0.658. The van der Waals surface area contributed by atoms with Gasteiger partial charge in [-0.25, -0.2) is 0 Å². The van der Waals surface area contributed by atoms with E-state index in [1.54, 1.807) is 6.07 Å². The summed E-state index contributed by atoms with van der Waals surface area (Å²) in [6.45, 7) is 5.32. The van der Waals surface area contributed by atoms with Crippen LogP contribution < -0.4 is 5.73 Å². The van der Waals surface area contributed by atoms with Gasteiger partial charge in [-0.15, -0.1) is 0 Å². The number of rotatable bonds is 4. The summed E-state index contributed by atoms with van der Waals surface area (Å²) in [6.07, 6.45) is 0.848. The molecule has 0 atom stereocenters. The van der Waals surface area contributed by atoms with Crippen molar-refractivity contribution in [3.05, 3.63) is 50.8 Å². The van der Waals surface area contributed by atoms with Crippen LogP contribution in [-0.2, 0) is 13.0 Å². The molecule has 1 aromatic carbocycles. The topological polar surface area (TPSA) is 43.8 Å². The first-order valence-electron chi connectivity index (χ1n) is 6.19. The van der Waals surface area contributed by atoms with Gasteiger partial charge in [0.25, 0.3) is 0 Å². The molecule has 0 saturated carbocycles. The van der Waals surface area contributed by atoms with E-state index in [-0.39, 0.29) is 0 Å². The molecule has 0 aliphatic carbocycles. The maximum Gasteiger partial charge on any atom is 0.0677 e. The molecule has 1 heterocycles. The largest absolute Gasteiger partial charge is 0.330 e. The lowest BCUT2D eigenvalue weighted by atomic mass is 10.1. The fourth-order valence-electron chi connectivity index (χ4n) is 2.22. The highest BCUT2D eigenvalue weighted by Gasteiger charge is 2.12. The van der Waals surface area contributed by atoms with E-state index >= 15 is 0 Å². The van der Waals surface area contributed by atoms with E-state index in [4.69, 9.17) is 28.9 Å². The Labute approximate surface area is 123 Å². The molecule has 0 aliphatic heterocycles. The molecule has 2 aromatic rings. The van der Waals surface area contributed by atoms with E-state index < -0.39 is 0 Å². The molecule has 0 unspecified atom stereocenters. The van der Waals surface area contributed by atoms with Crippen molar-refractivity contribution in [3.63, 3.8) is 0 Å². The molecule has 3 nitrogen and oxygen atoms in total. The minimum Gasteiger partial charge on any atom is -0.330 e. The van der Waals surface area contributed by atoms with E-state index in [0.29, 0.717) is 23.1 Å². The Morgan fingerprint density at radius 1 is 1.26 bits per heavy atom. The summed E-state index contributed by atoms with van der Waals surface area (Å²) in [5.41, 5.74) is 9.99. The highest BCUT2D eigenvalue weighted by molar-refractivity contribution is 6.33. The quantitative estimate of drug-likeness (QED) is 0.940. The number of aromatic nitrogens is 2. The van der Waals surface area contributed by atoms with Crippen molar-refractivity contribution >= 4 is 23.2 Å². The minimum atomic E-state index is 0.622. The predicted molar refractivity (Wildman–Crippen MR) is 80.0 cm³/mol. The summed E-state index contributed by atoms with van der Waals surface area (Å²) in [5, 5.41) is 5.94. The number of nitrogens with zero attached hydrogens (tertiary/aromatic N) is 2. The minimum absolute atomic E-state index is 0.622. The first kappa shape index (κ1) is 14.4. The molecule has 2 rings (SSSR count). The zero-order valence-corrected chi connectivity index (χ0v) is 12.6. The fourth-order valence-corrected chi connectivity index (χ4v) is 2.59. The van der Waals surface area contributed by atoms with Gasteiger partial charge in [-0.2, -0.15) is 5.10 Å². The average Bonchev–Trinajstić information content (AvgIpc) is 2.62. The maximum atomic E-state index is 6.19. The van der Waals surface area contributed by atoms with Crippen molar-refractivity contribution in [1.29, 1.82) is 0 Å². The van der Waals surface area contributed by atoms with Gasteiger partial charge in [0.1, 0.15) is 0 Å². The summed E-state index contributed by atoms with van der Waals surface area (Å²) < 4.78 is 1.96. The van der Waals surface area contributed by atoms with Crippen LogP contribution in [-0.4, -0.2) is 16.3 Å². The number of aryl methyl sites for hydroxylation is 1. The van der Waals surface area contributed by atoms with Crippen molar-refractivity contribution in [3.8, 4) is 0 Å². The summed E-state index contributed by atoms with van der Waals surface area (Å²) >= 11 is 12.2. The van der Waals surface area contributed by atoms with Gasteiger partial charge in [0, 0.05) is 15.7 Å². The molecule has 5 heteroatoms. The van der Waals surface area contributed by atoms with Crippen LogP contribution in [0, 0.1) is 13.8 Å². The first-order chi connectivity index (χ1) is 9.02. The Morgan fingerprint density at radius 2 is 2.00 bits per heavy atom. The fraction of sp³-hybridized carbons (Fsp3) is 0.357. The van der Waals surface area contributed by atoms with E-state index in [1.807, 2.05) is 23.7 Å². The number of nitrogens with two attached hydrogens (primary N) is 1. The third-order valence-corrected chi connectivity index (χ3v) is 3.86. The van der Waals surface area contributed by atoms with Crippen LogP contribution in [0.3, 0.4) is 0 Å². The van der Waals surface area contributed by atoms with E-state index in [9.17, 15) is 0 Å². The second kappa shape index (κ2) is 5.95. The van der Waals surface area contributed by atoms with Crippen LogP contribution in [0.4, 0.5) is 0 Å². The molecule has 2 N–H and O–H groups in total. The van der Waals surface area contributed by atoms with Crippen LogP contribution in [0.2, 0.25) is 10.0 Å². The average molecular weight is 298 g/mol. The van der Waals surface area contributed by atoms with Crippen LogP contribution in [0.15, 0.2) is 18.2 Å². The molecule has 0 saturated heterocycles. The second-order valence-electron chi connectivity index (χ2n) is 4.58. The molecule has 0 fully saturated rings. The molecule has 0 amide bonds. The van der Waals surface area contributed by atoms with Gasteiger partial charge in [0.15, 0.2) is 0 Å². The Morgan fingerprint density at radius 3 is 2.68 bits per heavy atom.